The molecule has 1 aromatic rings. The van der Waals surface area contributed by atoms with E-state index in [4.69, 9.17) is 0 Å². The smallest absolute Gasteiger partial charge is 0.179 e. The lowest BCUT2D eigenvalue weighted by Gasteiger charge is -2.14. The molecule has 0 spiro atoms. The highest BCUT2D eigenvalue weighted by Crippen LogP contribution is 2.15. The van der Waals surface area contributed by atoms with Gasteiger partial charge in [-0.1, -0.05) is 38.1 Å². The van der Waals surface area contributed by atoms with Crippen molar-refractivity contribution in [1.29, 1.82) is 0 Å². The van der Waals surface area contributed by atoms with Crippen LogP contribution in [0.5, 0.6) is 0 Å². The summed E-state index contributed by atoms with van der Waals surface area (Å²) in [5.74, 6) is 0.533. The SMILES string of the molecule is CC(O)CNC(C)C(=O)c1ccc(C(C)C)cc1. The van der Waals surface area contributed by atoms with Crippen molar-refractivity contribution in [3.05, 3.63) is 35.4 Å². The fourth-order valence-electron chi connectivity index (χ4n) is 1.72. The minimum atomic E-state index is -0.441. The zero-order chi connectivity index (χ0) is 13.7. The minimum Gasteiger partial charge on any atom is -0.392 e. The van der Waals surface area contributed by atoms with Gasteiger partial charge >= 0.3 is 0 Å². The van der Waals surface area contributed by atoms with Crippen molar-refractivity contribution in [2.45, 2.75) is 45.8 Å². The maximum atomic E-state index is 12.1. The first kappa shape index (κ1) is 14.9. The summed E-state index contributed by atoms with van der Waals surface area (Å²) >= 11 is 0. The van der Waals surface area contributed by atoms with Crippen LogP contribution in [0.2, 0.25) is 0 Å². The molecule has 0 aliphatic rings. The third-order valence-electron chi connectivity index (χ3n) is 2.97. The second-order valence-electron chi connectivity index (χ2n) is 5.12. The van der Waals surface area contributed by atoms with Crippen LogP contribution in [0.15, 0.2) is 24.3 Å². The second-order valence-corrected chi connectivity index (χ2v) is 5.12. The summed E-state index contributed by atoms with van der Waals surface area (Å²) in [7, 11) is 0. The first-order valence-corrected chi connectivity index (χ1v) is 6.47. The summed E-state index contributed by atoms with van der Waals surface area (Å²) in [6.45, 7) is 8.20. The van der Waals surface area contributed by atoms with Gasteiger partial charge in [0, 0.05) is 12.1 Å². The number of aliphatic hydroxyl groups excluding tert-OH is 1. The molecule has 2 atom stereocenters. The quantitative estimate of drug-likeness (QED) is 0.761. The van der Waals surface area contributed by atoms with E-state index in [-0.39, 0.29) is 11.8 Å². The van der Waals surface area contributed by atoms with E-state index >= 15 is 0 Å². The highest BCUT2D eigenvalue weighted by molar-refractivity contribution is 5.99. The van der Waals surface area contributed by atoms with Crippen molar-refractivity contribution in [3.63, 3.8) is 0 Å². The summed E-state index contributed by atoms with van der Waals surface area (Å²) in [6, 6.07) is 7.47. The summed E-state index contributed by atoms with van der Waals surface area (Å²) in [5, 5.41) is 12.2. The van der Waals surface area contributed by atoms with E-state index in [2.05, 4.69) is 19.2 Å². The first-order chi connectivity index (χ1) is 8.41. The van der Waals surface area contributed by atoms with Gasteiger partial charge in [-0.25, -0.2) is 0 Å². The van der Waals surface area contributed by atoms with E-state index < -0.39 is 6.10 Å². The predicted molar refractivity (Wildman–Crippen MR) is 74.0 cm³/mol. The van der Waals surface area contributed by atoms with Gasteiger partial charge in [0.1, 0.15) is 0 Å². The fourth-order valence-corrected chi connectivity index (χ4v) is 1.72. The third-order valence-corrected chi connectivity index (χ3v) is 2.97. The normalized spacial score (nSPS) is 14.6. The van der Waals surface area contributed by atoms with Crippen LogP contribution < -0.4 is 5.32 Å². The highest BCUT2D eigenvalue weighted by Gasteiger charge is 2.15. The molecule has 0 amide bonds. The van der Waals surface area contributed by atoms with Gasteiger partial charge in [-0.05, 0) is 25.3 Å². The Balaban J connectivity index is 2.66. The van der Waals surface area contributed by atoms with Crippen LogP contribution in [0.4, 0.5) is 0 Å². The van der Waals surface area contributed by atoms with E-state index in [0.29, 0.717) is 18.0 Å². The molecule has 0 heterocycles. The Labute approximate surface area is 109 Å². The molecule has 1 rings (SSSR count). The molecule has 0 bridgehead atoms. The molecule has 3 heteroatoms. The Hall–Kier alpha value is -1.19. The van der Waals surface area contributed by atoms with Gasteiger partial charge in [-0.2, -0.15) is 0 Å². The lowest BCUT2D eigenvalue weighted by molar-refractivity contribution is 0.0941. The van der Waals surface area contributed by atoms with Gasteiger partial charge in [0.15, 0.2) is 5.78 Å². The monoisotopic (exact) mass is 249 g/mol. The van der Waals surface area contributed by atoms with Crippen molar-refractivity contribution in [2.75, 3.05) is 6.54 Å². The maximum Gasteiger partial charge on any atom is 0.179 e. The topological polar surface area (TPSA) is 49.3 Å². The Morgan fingerprint density at radius 1 is 1.17 bits per heavy atom. The van der Waals surface area contributed by atoms with E-state index in [1.54, 1.807) is 6.92 Å². The standard InChI is InChI=1S/C15H23NO2/c1-10(2)13-5-7-14(8-6-13)15(18)12(4)16-9-11(3)17/h5-8,10-12,16-17H,9H2,1-4H3. The number of carbonyl (C=O) groups is 1. The molecule has 0 aliphatic heterocycles. The van der Waals surface area contributed by atoms with Gasteiger partial charge in [-0.3, -0.25) is 4.79 Å². The van der Waals surface area contributed by atoms with Gasteiger partial charge in [-0.15, -0.1) is 0 Å². The summed E-state index contributed by atoms with van der Waals surface area (Å²) in [6.07, 6.45) is -0.441. The highest BCUT2D eigenvalue weighted by atomic mass is 16.3. The molecule has 0 aliphatic carbocycles. The molecule has 0 aromatic heterocycles. The number of hydrogen-bond acceptors (Lipinski definition) is 3. The number of nitrogens with one attached hydrogen (secondary N) is 1. The van der Waals surface area contributed by atoms with Crippen molar-refractivity contribution in [1.82, 2.24) is 5.32 Å². The summed E-state index contributed by atoms with van der Waals surface area (Å²) < 4.78 is 0. The van der Waals surface area contributed by atoms with E-state index in [9.17, 15) is 9.90 Å². The van der Waals surface area contributed by atoms with Crippen LogP contribution >= 0.6 is 0 Å². The molecule has 3 nitrogen and oxygen atoms in total. The number of rotatable bonds is 6. The minimum absolute atomic E-state index is 0.0611. The predicted octanol–water partition coefficient (Wildman–Crippen LogP) is 2.35. The lowest BCUT2D eigenvalue weighted by atomic mass is 9.99. The van der Waals surface area contributed by atoms with Crippen LogP contribution in [0.3, 0.4) is 0 Å². The molecule has 0 saturated carbocycles. The zero-order valence-electron chi connectivity index (χ0n) is 11.6. The zero-order valence-corrected chi connectivity index (χ0v) is 11.6. The summed E-state index contributed by atoms with van der Waals surface area (Å²) in [4.78, 5) is 12.1. The van der Waals surface area contributed by atoms with Gasteiger partial charge in [0.25, 0.3) is 0 Å². The Kier molecular flexibility index (Phi) is 5.51. The largest absolute Gasteiger partial charge is 0.392 e. The number of hydrogen-bond donors (Lipinski definition) is 2. The molecule has 0 fully saturated rings. The van der Waals surface area contributed by atoms with E-state index in [1.807, 2.05) is 31.2 Å². The molecular weight excluding hydrogens is 226 g/mol. The molecule has 2 N–H and O–H groups in total. The first-order valence-electron chi connectivity index (χ1n) is 6.47. The molecule has 18 heavy (non-hydrogen) atoms. The van der Waals surface area contributed by atoms with Crippen LogP contribution in [0.25, 0.3) is 0 Å². The number of ketones is 1. The second kappa shape index (κ2) is 6.66. The average molecular weight is 249 g/mol. The molecular formula is C15H23NO2. The van der Waals surface area contributed by atoms with Crippen LogP contribution in [-0.4, -0.2) is 29.6 Å². The number of carbonyl (C=O) groups excluding carboxylic acids is 1. The number of aliphatic hydroxyl groups is 1. The van der Waals surface area contributed by atoms with Gasteiger partial charge < -0.3 is 10.4 Å². The Morgan fingerprint density at radius 3 is 2.17 bits per heavy atom. The Bertz CT molecular complexity index is 382. The Morgan fingerprint density at radius 2 is 1.72 bits per heavy atom. The average Bonchev–Trinajstić information content (AvgIpc) is 2.35. The molecule has 2 unspecified atom stereocenters. The van der Waals surface area contributed by atoms with E-state index in [1.165, 1.54) is 5.56 Å². The van der Waals surface area contributed by atoms with E-state index in [0.717, 1.165) is 0 Å². The van der Waals surface area contributed by atoms with Crippen molar-refractivity contribution >= 4 is 5.78 Å². The van der Waals surface area contributed by atoms with Crippen LogP contribution in [0.1, 0.15) is 49.5 Å². The van der Waals surface area contributed by atoms with Crippen molar-refractivity contribution in [3.8, 4) is 0 Å². The molecule has 0 saturated heterocycles. The fraction of sp³-hybridized carbons (Fsp3) is 0.533. The van der Waals surface area contributed by atoms with Crippen LogP contribution in [-0.2, 0) is 0 Å². The van der Waals surface area contributed by atoms with Crippen molar-refractivity contribution in [2.24, 2.45) is 0 Å². The van der Waals surface area contributed by atoms with Gasteiger partial charge in [0.05, 0.1) is 12.1 Å². The number of Topliss-reactive ketones (excluding diaryl/α,β-unsaturated/α-hetero) is 1. The molecule has 1 aromatic carbocycles. The maximum absolute atomic E-state index is 12.1. The van der Waals surface area contributed by atoms with Crippen LogP contribution in [0, 0.1) is 0 Å². The summed E-state index contributed by atoms with van der Waals surface area (Å²) in [5.41, 5.74) is 1.95. The molecule has 0 radical (unpaired) electrons. The van der Waals surface area contributed by atoms with Crippen molar-refractivity contribution < 1.29 is 9.90 Å². The van der Waals surface area contributed by atoms with Gasteiger partial charge in [0.2, 0.25) is 0 Å². The lowest BCUT2D eigenvalue weighted by Crippen LogP contribution is -2.38. The number of benzene rings is 1. The third kappa shape index (κ3) is 4.24. The molecule has 100 valence electrons.